The fraction of sp³-hybridized carbons (Fsp3) is 0.333. The number of hydrogen-bond acceptors (Lipinski definition) is 3. The number of aromatic nitrogens is 2. The van der Waals surface area contributed by atoms with Gasteiger partial charge in [0.15, 0.2) is 0 Å². The summed E-state index contributed by atoms with van der Waals surface area (Å²) in [5.41, 5.74) is 4.68. The second-order valence-electron chi connectivity index (χ2n) is 4.76. The van der Waals surface area contributed by atoms with Crippen LogP contribution < -0.4 is 10.6 Å². The first-order valence-corrected chi connectivity index (χ1v) is 6.73. The van der Waals surface area contributed by atoms with Gasteiger partial charge in [-0.1, -0.05) is 0 Å². The van der Waals surface area contributed by atoms with Crippen LogP contribution in [0.25, 0.3) is 0 Å². The van der Waals surface area contributed by atoms with E-state index < -0.39 is 0 Å². The van der Waals surface area contributed by atoms with Gasteiger partial charge in [0.05, 0.1) is 6.20 Å². The fourth-order valence-corrected chi connectivity index (χ4v) is 2.06. The van der Waals surface area contributed by atoms with Crippen LogP contribution in [0, 0.1) is 13.8 Å². The van der Waals surface area contributed by atoms with Crippen molar-refractivity contribution in [2.24, 2.45) is 0 Å². The van der Waals surface area contributed by atoms with Crippen molar-refractivity contribution in [3.05, 3.63) is 46.8 Å². The predicted octanol–water partition coefficient (Wildman–Crippen LogP) is 2.39. The molecule has 0 unspecified atom stereocenters. The number of H-pyrrole nitrogens is 1. The lowest BCUT2D eigenvalue weighted by atomic mass is 10.1. The fourth-order valence-electron chi connectivity index (χ4n) is 2.06. The summed E-state index contributed by atoms with van der Waals surface area (Å²) in [6.07, 6.45) is 1.73. The number of aromatic amines is 1. The van der Waals surface area contributed by atoms with Crippen molar-refractivity contribution < 1.29 is 4.79 Å². The third-order valence-corrected chi connectivity index (χ3v) is 3.23. The lowest BCUT2D eigenvalue weighted by molar-refractivity contribution is 0.0950. The first-order chi connectivity index (χ1) is 9.61. The quantitative estimate of drug-likeness (QED) is 0.782. The zero-order valence-corrected chi connectivity index (χ0v) is 12.1. The van der Waals surface area contributed by atoms with E-state index in [1.165, 1.54) is 0 Å². The van der Waals surface area contributed by atoms with Crippen LogP contribution >= 0.6 is 0 Å². The van der Waals surface area contributed by atoms with Gasteiger partial charge in [0.25, 0.3) is 5.91 Å². The Labute approximate surface area is 118 Å². The Hall–Kier alpha value is -2.30. The average molecular weight is 272 g/mol. The van der Waals surface area contributed by atoms with E-state index in [9.17, 15) is 4.79 Å². The molecule has 106 valence electrons. The summed E-state index contributed by atoms with van der Waals surface area (Å²) in [6.45, 7) is 7.27. The molecule has 5 heteroatoms. The molecule has 1 aromatic heterocycles. The van der Waals surface area contributed by atoms with Gasteiger partial charge in [-0.15, -0.1) is 0 Å². The number of anilines is 1. The monoisotopic (exact) mass is 272 g/mol. The Kier molecular flexibility index (Phi) is 4.40. The van der Waals surface area contributed by atoms with Gasteiger partial charge in [0.1, 0.15) is 0 Å². The van der Waals surface area contributed by atoms with Crippen LogP contribution in [0.4, 0.5) is 5.69 Å². The maximum absolute atomic E-state index is 12.2. The molecule has 0 aliphatic carbocycles. The van der Waals surface area contributed by atoms with Gasteiger partial charge in [-0.3, -0.25) is 9.89 Å². The third kappa shape index (κ3) is 3.17. The molecular formula is C15H20N4O. The first-order valence-electron chi connectivity index (χ1n) is 6.73. The molecule has 5 nitrogen and oxygen atoms in total. The molecule has 0 aliphatic heterocycles. The zero-order chi connectivity index (χ0) is 14.5. The van der Waals surface area contributed by atoms with Crippen molar-refractivity contribution in [2.45, 2.75) is 27.3 Å². The van der Waals surface area contributed by atoms with Gasteiger partial charge in [-0.25, -0.2) is 0 Å². The highest BCUT2D eigenvalue weighted by Gasteiger charge is 2.10. The molecule has 0 bridgehead atoms. The lowest BCUT2D eigenvalue weighted by Crippen LogP contribution is -2.23. The maximum atomic E-state index is 12.2. The number of benzene rings is 1. The smallest absolute Gasteiger partial charge is 0.251 e. The van der Waals surface area contributed by atoms with E-state index in [0.29, 0.717) is 12.1 Å². The molecule has 1 aromatic carbocycles. The SMILES string of the molecule is CCNc1ccc(C(=O)NCc2cn[nH]c2C)c(C)c1. The van der Waals surface area contributed by atoms with E-state index in [1.807, 2.05) is 39.0 Å². The van der Waals surface area contributed by atoms with E-state index in [0.717, 1.165) is 29.1 Å². The van der Waals surface area contributed by atoms with E-state index in [4.69, 9.17) is 0 Å². The van der Waals surface area contributed by atoms with Crippen molar-refractivity contribution in [2.75, 3.05) is 11.9 Å². The van der Waals surface area contributed by atoms with Gasteiger partial charge >= 0.3 is 0 Å². The van der Waals surface area contributed by atoms with Gasteiger partial charge < -0.3 is 10.6 Å². The second-order valence-corrected chi connectivity index (χ2v) is 4.76. The molecule has 0 fully saturated rings. The molecule has 0 radical (unpaired) electrons. The van der Waals surface area contributed by atoms with Crippen LogP contribution in [0.1, 0.15) is 34.1 Å². The van der Waals surface area contributed by atoms with Gasteiger partial charge in [-0.05, 0) is 44.5 Å². The summed E-state index contributed by atoms with van der Waals surface area (Å²) in [6, 6.07) is 5.76. The number of rotatable bonds is 5. The summed E-state index contributed by atoms with van der Waals surface area (Å²) in [7, 11) is 0. The topological polar surface area (TPSA) is 69.8 Å². The minimum Gasteiger partial charge on any atom is -0.385 e. The van der Waals surface area contributed by atoms with Crippen molar-refractivity contribution in [3.8, 4) is 0 Å². The Morgan fingerprint density at radius 1 is 1.35 bits per heavy atom. The molecule has 2 rings (SSSR count). The van der Waals surface area contributed by atoms with Crippen molar-refractivity contribution in [1.82, 2.24) is 15.5 Å². The molecule has 0 saturated carbocycles. The number of amides is 1. The highest BCUT2D eigenvalue weighted by Crippen LogP contribution is 2.15. The molecular weight excluding hydrogens is 252 g/mol. The number of nitrogens with zero attached hydrogens (tertiary/aromatic N) is 1. The van der Waals surface area contributed by atoms with Gasteiger partial charge in [0.2, 0.25) is 0 Å². The van der Waals surface area contributed by atoms with Crippen molar-refractivity contribution in [3.63, 3.8) is 0 Å². The molecule has 1 amide bonds. The summed E-state index contributed by atoms with van der Waals surface area (Å²) in [4.78, 5) is 12.2. The van der Waals surface area contributed by atoms with Crippen LogP contribution in [0.5, 0.6) is 0 Å². The summed E-state index contributed by atoms with van der Waals surface area (Å²) >= 11 is 0. The van der Waals surface area contributed by atoms with Gasteiger partial charge in [-0.2, -0.15) is 5.10 Å². The second kappa shape index (κ2) is 6.23. The Morgan fingerprint density at radius 3 is 2.75 bits per heavy atom. The number of nitrogens with one attached hydrogen (secondary N) is 3. The first kappa shape index (κ1) is 14.1. The maximum Gasteiger partial charge on any atom is 0.251 e. The highest BCUT2D eigenvalue weighted by molar-refractivity contribution is 5.96. The molecule has 2 aromatic rings. The van der Waals surface area contributed by atoms with E-state index in [2.05, 4.69) is 20.8 Å². The van der Waals surface area contributed by atoms with Crippen LogP contribution in [0.15, 0.2) is 24.4 Å². The molecule has 3 N–H and O–H groups in total. The molecule has 20 heavy (non-hydrogen) atoms. The number of aryl methyl sites for hydroxylation is 2. The average Bonchev–Trinajstić information content (AvgIpc) is 2.82. The van der Waals surface area contributed by atoms with Crippen LogP contribution in [0.3, 0.4) is 0 Å². The van der Waals surface area contributed by atoms with E-state index >= 15 is 0 Å². The Balaban J connectivity index is 2.04. The highest BCUT2D eigenvalue weighted by atomic mass is 16.1. The van der Waals surface area contributed by atoms with Crippen LogP contribution in [0.2, 0.25) is 0 Å². The summed E-state index contributed by atoms with van der Waals surface area (Å²) in [5, 5.41) is 12.9. The largest absolute Gasteiger partial charge is 0.385 e. The van der Waals surface area contributed by atoms with E-state index in [1.54, 1.807) is 6.20 Å². The number of hydrogen-bond donors (Lipinski definition) is 3. The minimum atomic E-state index is -0.0638. The minimum absolute atomic E-state index is 0.0638. The third-order valence-electron chi connectivity index (χ3n) is 3.23. The summed E-state index contributed by atoms with van der Waals surface area (Å²) < 4.78 is 0. The van der Waals surface area contributed by atoms with Gasteiger partial charge in [0, 0.05) is 35.6 Å². The normalized spacial score (nSPS) is 10.3. The lowest BCUT2D eigenvalue weighted by Gasteiger charge is -2.10. The molecule has 0 aliphatic rings. The molecule has 0 atom stereocenters. The Bertz CT molecular complexity index is 604. The van der Waals surface area contributed by atoms with Crippen LogP contribution in [-0.2, 0) is 6.54 Å². The Morgan fingerprint density at radius 2 is 2.15 bits per heavy atom. The zero-order valence-electron chi connectivity index (χ0n) is 12.1. The molecule has 0 spiro atoms. The predicted molar refractivity (Wildman–Crippen MR) is 79.8 cm³/mol. The summed E-state index contributed by atoms with van der Waals surface area (Å²) in [5.74, 6) is -0.0638. The standard InChI is InChI=1S/C15H20N4O/c1-4-16-13-5-6-14(10(2)7-13)15(20)17-8-12-9-18-19-11(12)3/h5-7,9,16H,4,8H2,1-3H3,(H,17,20)(H,18,19). The van der Waals surface area contributed by atoms with E-state index in [-0.39, 0.29) is 5.91 Å². The van der Waals surface area contributed by atoms with Crippen LogP contribution in [-0.4, -0.2) is 22.6 Å². The number of carbonyl (C=O) groups is 1. The number of carbonyl (C=O) groups excluding carboxylic acids is 1. The van der Waals surface area contributed by atoms with Crippen molar-refractivity contribution in [1.29, 1.82) is 0 Å². The van der Waals surface area contributed by atoms with Crippen molar-refractivity contribution >= 4 is 11.6 Å². The molecule has 1 heterocycles. The molecule has 0 saturated heterocycles.